The van der Waals surface area contributed by atoms with Gasteiger partial charge in [-0.15, -0.1) is 0 Å². The molecule has 0 saturated carbocycles. The Kier molecular flexibility index (Phi) is 5.00. The van der Waals surface area contributed by atoms with Crippen molar-refractivity contribution in [3.8, 4) is 5.88 Å². The first-order valence-corrected chi connectivity index (χ1v) is 11.4. The van der Waals surface area contributed by atoms with E-state index in [1.165, 1.54) is 0 Å². The molecule has 29 heavy (non-hydrogen) atoms. The van der Waals surface area contributed by atoms with Crippen LogP contribution in [0.15, 0.2) is 84.9 Å². The first-order chi connectivity index (χ1) is 14.3. The number of aromatic nitrogens is 2. The van der Waals surface area contributed by atoms with Gasteiger partial charge in [0.15, 0.2) is 0 Å². The Bertz CT molecular complexity index is 1080. The van der Waals surface area contributed by atoms with Crippen molar-refractivity contribution >= 4 is 18.8 Å². The van der Waals surface area contributed by atoms with Gasteiger partial charge in [0, 0.05) is 0 Å². The number of ether oxygens (including phenoxy) is 1. The summed E-state index contributed by atoms with van der Waals surface area (Å²) in [5.74, 6) is 0.520. The van der Waals surface area contributed by atoms with Crippen molar-refractivity contribution in [3.05, 3.63) is 96.1 Å². The predicted molar refractivity (Wildman–Crippen MR) is 112 cm³/mol. The van der Waals surface area contributed by atoms with E-state index in [4.69, 9.17) is 18.3 Å². The summed E-state index contributed by atoms with van der Waals surface area (Å²) in [6.45, 7) is 0.402. The summed E-state index contributed by atoms with van der Waals surface area (Å²) in [4.78, 5) is 0. The third kappa shape index (κ3) is 3.88. The molecule has 1 aliphatic rings. The topological polar surface area (TPSA) is 65.6 Å². The zero-order chi connectivity index (χ0) is 19.5. The second kappa shape index (κ2) is 7.93. The van der Waals surface area contributed by atoms with E-state index in [-0.39, 0.29) is 6.35 Å². The molecule has 3 aromatic carbocycles. The third-order valence-electron chi connectivity index (χ3n) is 4.77. The van der Waals surface area contributed by atoms with E-state index < -0.39 is 14.2 Å². The van der Waals surface area contributed by atoms with E-state index in [2.05, 4.69) is 10.2 Å². The molecule has 148 valence electrons. The van der Waals surface area contributed by atoms with Gasteiger partial charge in [-0.25, -0.2) is 0 Å². The summed E-state index contributed by atoms with van der Waals surface area (Å²) >= 11 is 0. The van der Waals surface area contributed by atoms with E-state index in [9.17, 15) is 0 Å². The number of hydrogen-bond donors (Lipinski definition) is 1. The Morgan fingerprint density at radius 1 is 0.862 bits per heavy atom. The van der Waals surface area contributed by atoms with Crippen molar-refractivity contribution in [1.29, 1.82) is 0 Å². The first-order valence-electron chi connectivity index (χ1n) is 9.46. The Labute approximate surface area is 169 Å². The van der Waals surface area contributed by atoms with E-state index in [0.717, 1.165) is 22.0 Å². The summed E-state index contributed by atoms with van der Waals surface area (Å²) in [6.07, 6.45) is -0.240. The van der Waals surface area contributed by atoms with Crippen molar-refractivity contribution < 1.29 is 18.3 Å². The number of rotatable bonds is 7. The van der Waals surface area contributed by atoms with Crippen LogP contribution in [0.1, 0.15) is 17.4 Å². The maximum absolute atomic E-state index is 6.18. The molecule has 1 N–H and O–H groups in total. The van der Waals surface area contributed by atoms with Crippen molar-refractivity contribution in [2.24, 2.45) is 0 Å². The van der Waals surface area contributed by atoms with Gasteiger partial charge in [0.2, 0.25) is 0 Å². The van der Waals surface area contributed by atoms with Crippen LogP contribution in [-0.2, 0) is 20.2 Å². The van der Waals surface area contributed by atoms with Crippen LogP contribution >= 0.6 is 7.94 Å². The number of fused-ring (bicyclic) bond motifs is 1. The fourth-order valence-corrected chi connectivity index (χ4v) is 5.23. The predicted octanol–water partition coefficient (Wildman–Crippen LogP) is 5.36. The molecule has 4 aromatic rings. The zero-order valence-electron chi connectivity index (χ0n) is 15.7. The van der Waals surface area contributed by atoms with Gasteiger partial charge in [0.1, 0.15) is 0 Å². The monoisotopic (exact) mass is 408 g/mol. The second-order valence-corrected chi connectivity index (χ2v) is 9.21. The number of H-pyrrole nitrogens is 1. The summed E-state index contributed by atoms with van der Waals surface area (Å²) in [7, 11) is -2.99. The van der Waals surface area contributed by atoms with Gasteiger partial charge in [-0.2, -0.15) is 0 Å². The Morgan fingerprint density at radius 2 is 1.55 bits per heavy atom. The van der Waals surface area contributed by atoms with Crippen molar-refractivity contribution in [1.82, 2.24) is 10.2 Å². The summed E-state index contributed by atoms with van der Waals surface area (Å²) in [6, 6.07) is 27.6. The van der Waals surface area contributed by atoms with Crippen molar-refractivity contribution in [2.45, 2.75) is 12.9 Å². The molecule has 1 aliphatic heterocycles. The van der Waals surface area contributed by atoms with Crippen LogP contribution in [0.5, 0.6) is 5.88 Å². The summed E-state index contributed by atoms with van der Waals surface area (Å²) < 4.78 is 24.5. The van der Waals surface area contributed by atoms with E-state index in [1.54, 1.807) is 0 Å². The number of para-hydroxylation sites is 1. The molecule has 2 heterocycles. The third-order valence-corrected chi connectivity index (χ3v) is 7.00. The van der Waals surface area contributed by atoms with E-state index in [0.29, 0.717) is 12.5 Å². The molecule has 0 aliphatic carbocycles. The summed E-state index contributed by atoms with van der Waals surface area (Å²) in [5, 5.41) is 8.15. The second-order valence-electron chi connectivity index (χ2n) is 6.80. The van der Waals surface area contributed by atoms with Crippen LogP contribution < -0.4 is 4.74 Å². The Balaban J connectivity index is 1.31. The van der Waals surface area contributed by atoms with Gasteiger partial charge in [-0.3, -0.25) is 0 Å². The minimum absolute atomic E-state index is 0.192. The molecule has 0 unspecified atom stereocenters. The quantitative estimate of drug-likeness (QED) is 0.417. The fraction of sp³-hybridized carbons (Fsp3) is 0.136. The molecule has 0 spiro atoms. The van der Waals surface area contributed by atoms with Crippen LogP contribution in [0, 0.1) is 0 Å². The minimum atomic E-state index is -2.99. The van der Waals surface area contributed by atoms with Crippen molar-refractivity contribution in [2.75, 3.05) is 6.35 Å². The van der Waals surface area contributed by atoms with E-state index in [1.807, 2.05) is 84.9 Å². The number of aromatic amines is 1. The fourth-order valence-electron chi connectivity index (χ4n) is 3.23. The molecule has 7 heteroatoms. The molecule has 0 amide bonds. The van der Waals surface area contributed by atoms with Gasteiger partial charge in [0.25, 0.3) is 0 Å². The number of benzene rings is 3. The standard InChI is InChI=1S/C22H21N2O4P/c1-3-9-17(10-4-1)15-26-29(27-22(28-29)18-11-5-2-6-12-18)16-25-21-19-13-7-8-14-20(19)23-24-21/h1-14,22,29H,15-16H2,(H,23,24). The Hall–Kier alpha value is -2.76. The van der Waals surface area contributed by atoms with Crippen LogP contribution in [0.3, 0.4) is 0 Å². The molecule has 1 saturated heterocycles. The molecular formula is C22H21N2O4P. The molecule has 1 aromatic heterocycles. The van der Waals surface area contributed by atoms with Crippen molar-refractivity contribution in [3.63, 3.8) is 0 Å². The number of nitrogens with zero attached hydrogens (tertiary/aromatic N) is 1. The molecule has 6 nitrogen and oxygen atoms in total. The van der Waals surface area contributed by atoms with Crippen LogP contribution in [0.2, 0.25) is 0 Å². The van der Waals surface area contributed by atoms with Gasteiger partial charge in [-0.05, 0) is 0 Å². The molecule has 5 rings (SSSR count). The SMILES string of the molecule is c1ccc(CO[PH]2(COc3n[nH]c4ccccc34)OC(c3ccccc3)O2)cc1. The molecule has 1 fully saturated rings. The average molecular weight is 408 g/mol. The number of nitrogens with one attached hydrogen (secondary N) is 1. The molecule has 0 bridgehead atoms. The maximum atomic E-state index is 6.18. The van der Waals surface area contributed by atoms with Gasteiger partial charge in [-0.1, -0.05) is 0 Å². The first kappa shape index (κ1) is 18.3. The van der Waals surface area contributed by atoms with Crippen LogP contribution in [0.4, 0.5) is 0 Å². The zero-order valence-corrected chi connectivity index (χ0v) is 16.7. The van der Waals surface area contributed by atoms with Crippen LogP contribution in [-0.4, -0.2) is 16.5 Å². The van der Waals surface area contributed by atoms with Gasteiger partial charge >= 0.3 is 169 Å². The molecule has 0 atom stereocenters. The Morgan fingerprint density at radius 3 is 2.34 bits per heavy atom. The molecule has 0 radical (unpaired) electrons. The molecular weight excluding hydrogens is 387 g/mol. The van der Waals surface area contributed by atoms with Gasteiger partial charge in [0.05, 0.1) is 0 Å². The van der Waals surface area contributed by atoms with Gasteiger partial charge < -0.3 is 0 Å². The summed E-state index contributed by atoms with van der Waals surface area (Å²) in [5.41, 5.74) is 2.94. The van der Waals surface area contributed by atoms with E-state index >= 15 is 0 Å². The van der Waals surface area contributed by atoms with Crippen LogP contribution in [0.25, 0.3) is 10.9 Å². The average Bonchev–Trinajstić information content (AvgIpc) is 3.17. The normalized spacial score (nSPS) is 18.8. The number of hydrogen-bond acceptors (Lipinski definition) is 5.